The lowest BCUT2D eigenvalue weighted by molar-refractivity contribution is 0.799. The van der Waals surface area contributed by atoms with Crippen molar-refractivity contribution in [2.24, 2.45) is 5.73 Å². The lowest BCUT2D eigenvalue weighted by Crippen LogP contribution is -2.25. The second-order valence-corrected chi connectivity index (χ2v) is 2.44. The Morgan fingerprint density at radius 2 is 2.71 bits per heavy atom. The van der Waals surface area contributed by atoms with Gasteiger partial charge in [-0.15, -0.1) is 11.8 Å². The lowest BCUT2D eigenvalue weighted by atomic mass is 10.6. The first-order valence-electron chi connectivity index (χ1n) is 2.20. The molecule has 40 valence electrons. The standard InChI is InChI=1S/C4H8N2S/c5-3-4-6-1-2-7-4/h1-2,4,6H,3,5H2. The molecule has 0 aromatic carbocycles. The van der Waals surface area contributed by atoms with Crippen LogP contribution in [0.25, 0.3) is 0 Å². The van der Waals surface area contributed by atoms with Gasteiger partial charge in [0, 0.05) is 12.7 Å². The number of nitrogens with one attached hydrogen (secondary N) is 1. The fourth-order valence-electron chi connectivity index (χ4n) is 0.444. The fraction of sp³-hybridized carbons (Fsp3) is 0.500. The predicted octanol–water partition coefficient (Wildman–Crippen LogP) is 0.0788. The Kier molecular flexibility index (Phi) is 1.59. The molecule has 1 atom stereocenters. The predicted molar refractivity (Wildman–Crippen MR) is 32.7 cm³/mol. The molecule has 0 spiro atoms. The van der Waals surface area contributed by atoms with Gasteiger partial charge in [-0.3, -0.25) is 0 Å². The van der Waals surface area contributed by atoms with Crippen LogP contribution in [0.15, 0.2) is 11.6 Å². The zero-order valence-corrected chi connectivity index (χ0v) is 4.74. The summed E-state index contributed by atoms with van der Waals surface area (Å²) >= 11 is 1.73. The molecule has 1 heterocycles. The van der Waals surface area contributed by atoms with Gasteiger partial charge >= 0.3 is 0 Å². The molecule has 2 nitrogen and oxygen atoms in total. The van der Waals surface area contributed by atoms with E-state index in [1.807, 2.05) is 11.6 Å². The quantitative estimate of drug-likeness (QED) is 0.509. The highest BCUT2D eigenvalue weighted by Gasteiger charge is 2.04. The van der Waals surface area contributed by atoms with E-state index in [4.69, 9.17) is 5.73 Å². The minimum absolute atomic E-state index is 0.431. The summed E-state index contributed by atoms with van der Waals surface area (Å²) in [7, 11) is 0. The van der Waals surface area contributed by atoms with Crippen LogP contribution < -0.4 is 11.1 Å². The Balaban J connectivity index is 2.22. The van der Waals surface area contributed by atoms with E-state index in [2.05, 4.69) is 5.32 Å². The van der Waals surface area contributed by atoms with Crippen LogP contribution in [-0.4, -0.2) is 11.9 Å². The van der Waals surface area contributed by atoms with Gasteiger partial charge in [0.15, 0.2) is 0 Å². The van der Waals surface area contributed by atoms with Gasteiger partial charge < -0.3 is 11.1 Å². The summed E-state index contributed by atoms with van der Waals surface area (Å²) in [6.07, 6.45) is 1.92. The van der Waals surface area contributed by atoms with Crippen LogP contribution in [-0.2, 0) is 0 Å². The van der Waals surface area contributed by atoms with Crippen molar-refractivity contribution in [3.63, 3.8) is 0 Å². The molecule has 3 N–H and O–H groups in total. The second kappa shape index (κ2) is 2.23. The van der Waals surface area contributed by atoms with Crippen molar-refractivity contribution in [1.82, 2.24) is 5.32 Å². The Labute approximate surface area is 47.2 Å². The van der Waals surface area contributed by atoms with Crippen molar-refractivity contribution in [3.05, 3.63) is 11.6 Å². The van der Waals surface area contributed by atoms with E-state index in [-0.39, 0.29) is 0 Å². The molecule has 7 heavy (non-hydrogen) atoms. The van der Waals surface area contributed by atoms with E-state index in [1.165, 1.54) is 0 Å². The first kappa shape index (κ1) is 5.00. The Hall–Kier alpha value is -0.150. The van der Waals surface area contributed by atoms with E-state index < -0.39 is 0 Å². The third kappa shape index (κ3) is 1.11. The summed E-state index contributed by atoms with van der Waals surface area (Å²) < 4.78 is 0. The van der Waals surface area contributed by atoms with Crippen LogP contribution in [0.3, 0.4) is 0 Å². The van der Waals surface area contributed by atoms with E-state index in [1.54, 1.807) is 11.8 Å². The van der Waals surface area contributed by atoms with E-state index >= 15 is 0 Å². The number of hydrogen-bond acceptors (Lipinski definition) is 3. The van der Waals surface area contributed by atoms with E-state index in [9.17, 15) is 0 Å². The van der Waals surface area contributed by atoms with Crippen molar-refractivity contribution >= 4 is 11.8 Å². The summed E-state index contributed by atoms with van der Waals surface area (Å²) in [5.74, 6) is 0. The molecular weight excluding hydrogens is 108 g/mol. The molecule has 0 fully saturated rings. The molecule has 0 aliphatic carbocycles. The van der Waals surface area contributed by atoms with Crippen LogP contribution >= 0.6 is 11.8 Å². The van der Waals surface area contributed by atoms with Gasteiger partial charge in [0.25, 0.3) is 0 Å². The first-order valence-corrected chi connectivity index (χ1v) is 3.14. The third-order valence-corrected chi connectivity index (χ3v) is 1.76. The molecule has 1 unspecified atom stereocenters. The topological polar surface area (TPSA) is 38.0 Å². The zero-order chi connectivity index (χ0) is 5.11. The van der Waals surface area contributed by atoms with Crippen LogP contribution in [0, 0.1) is 0 Å². The molecule has 0 saturated heterocycles. The first-order chi connectivity index (χ1) is 3.43. The van der Waals surface area contributed by atoms with Crippen molar-refractivity contribution in [2.75, 3.05) is 6.54 Å². The molecule has 0 bridgehead atoms. The van der Waals surface area contributed by atoms with Crippen LogP contribution in [0.5, 0.6) is 0 Å². The molecule has 1 rings (SSSR count). The maximum absolute atomic E-state index is 5.31. The van der Waals surface area contributed by atoms with Gasteiger partial charge in [-0.2, -0.15) is 0 Å². The van der Waals surface area contributed by atoms with Gasteiger partial charge in [-0.05, 0) is 5.41 Å². The average Bonchev–Trinajstić information content (AvgIpc) is 2.14. The number of hydrogen-bond donors (Lipinski definition) is 2. The number of thioether (sulfide) groups is 1. The zero-order valence-electron chi connectivity index (χ0n) is 3.92. The Morgan fingerprint density at radius 1 is 1.86 bits per heavy atom. The smallest absolute Gasteiger partial charge is 0.0882 e. The van der Waals surface area contributed by atoms with Gasteiger partial charge in [0.05, 0.1) is 5.37 Å². The van der Waals surface area contributed by atoms with Gasteiger partial charge in [-0.25, -0.2) is 0 Å². The van der Waals surface area contributed by atoms with Crippen LogP contribution in [0.2, 0.25) is 0 Å². The van der Waals surface area contributed by atoms with Crippen molar-refractivity contribution in [1.29, 1.82) is 0 Å². The van der Waals surface area contributed by atoms with Crippen molar-refractivity contribution in [2.45, 2.75) is 5.37 Å². The maximum atomic E-state index is 5.31. The third-order valence-electron chi connectivity index (χ3n) is 0.807. The van der Waals surface area contributed by atoms with E-state index in [0.717, 1.165) is 0 Å². The molecule has 0 radical (unpaired) electrons. The summed E-state index contributed by atoms with van der Waals surface area (Å²) in [5.41, 5.74) is 5.31. The molecule has 0 amide bonds. The monoisotopic (exact) mass is 116 g/mol. The largest absolute Gasteiger partial charge is 0.377 e. The van der Waals surface area contributed by atoms with Crippen LogP contribution in [0.4, 0.5) is 0 Å². The summed E-state index contributed by atoms with van der Waals surface area (Å²) in [5, 5.41) is 5.51. The Morgan fingerprint density at radius 3 is 3.00 bits per heavy atom. The highest BCUT2D eigenvalue weighted by Crippen LogP contribution is 2.12. The van der Waals surface area contributed by atoms with Gasteiger partial charge in [0.2, 0.25) is 0 Å². The lowest BCUT2D eigenvalue weighted by Gasteiger charge is -2.02. The molecular formula is C4H8N2S. The highest BCUT2D eigenvalue weighted by molar-refractivity contribution is 8.02. The SMILES string of the molecule is NCC1NC=CS1. The summed E-state index contributed by atoms with van der Waals surface area (Å²) in [4.78, 5) is 0. The Bertz CT molecular complexity index is 73.8. The normalized spacial score (nSPS) is 27.9. The maximum Gasteiger partial charge on any atom is 0.0882 e. The number of rotatable bonds is 1. The highest BCUT2D eigenvalue weighted by atomic mass is 32.2. The minimum atomic E-state index is 0.431. The molecule has 1 aliphatic rings. The molecule has 0 aromatic heterocycles. The van der Waals surface area contributed by atoms with Gasteiger partial charge in [0.1, 0.15) is 0 Å². The van der Waals surface area contributed by atoms with Crippen molar-refractivity contribution in [3.8, 4) is 0 Å². The molecule has 0 saturated carbocycles. The van der Waals surface area contributed by atoms with E-state index in [0.29, 0.717) is 11.9 Å². The van der Waals surface area contributed by atoms with Gasteiger partial charge in [-0.1, -0.05) is 0 Å². The van der Waals surface area contributed by atoms with Crippen LogP contribution in [0.1, 0.15) is 0 Å². The van der Waals surface area contributed by atoms with Crippen molar-refractivity contribution < 1.29 is 0 Å². The fourth-order valence-corrected chi connectivity index (χ4v) is 1.06. The summed E-state index contributed by atoms with van der Waals surface area (Å²) in [6, 6.07) is 0. The molecule has 1 aliphatic heterocycles. The summed E-state index contributed by atoms with van der Waals surface area (Å²) in [6.45, 7) is 0.706. The minimum Gasteiger partial charge on any atom is -0.377 e. The molecule has 3 heteroatoms. The molecule has 0 aromatic rings. The second-order valence-electron chi connectivity index (χ2n) is 1.33. The number of nitrogens with two attached hydrogens (primary N) is 1. The average molecular weight is 116 g/mol.